The van der Waals surface area contributed by atoms with E-state index >= 15 is 0 Å². The smallest absolute Gasteiger partial charge is 0.0295 e. The molecule has 72 valence electrons. The highest BCUT2D eigenvalue weighted by atomic mass is 14.1. The van der Waals surface area contributed by atoms with Crippen LogP contribution in [0.15, 0.2) is 11.1 Å². The van der Waals surface area contributed by atoms with Gasteiger partial charge in [0.15, 0.2) is 0 Å². The lowest BCUT2D eigenvalue weighted by atomic mass is 9.95. The molecule has 0 aromatic rings. The summed E-state index contributed by atoms with van der Waals surface area (Å²) in [5, 5.41) is 0. The summed E-state index contributed by atoms with van der Waals surface area (Å²) in [4.78, 5) is 0. The molecule has 0 nitrogen and oxygen atoms in total. The van der Waals surface area contributed by atoms with Crippen molar-refractivity contribution in [3.63, 3.8) is 0 Å². The van der Waals surface area contributed by atoms with Crippen LogP contribution in [0.2, 0.25) is 0 Å². The fourth-order valence-corrected chi connectivity index (χ4v) is 1.43. The zero-order valence-corrected chi connectivity index (χ0v) is 9.41. The molecular weight excluding hydrogens is 144 g/mol. The quantitative estimate of drug-likeness (QED) is 0.528. The predicted molar refractivity (Wildman–Crippen MR) is 57.4 cm³/mol. The van der Waals surface area contributed by atoms with Crippen LogP contribution in [-0.4, -0.2) is 0 Å². The molecule has 0 saturated heterocycles. The molecule has 0 heteroatoms. The van der Waals surface area contributed by atoms with Crippen molar-refractivity contribution < 1.29 is 0 Å². The third-order valence-electron chi connectivity index (χ3n) is 2.71. The number of hydrogen-bond donors (Lipinski definition) is 0. The van der Waals surface area contributed by atoms with Gasteiger partial charge in [-0.25, -0.2) is 0 Å². The monoisotopic (exact) mass is 168 g/mol. The molecule has 0 aliphatic rings. The SMILES string of the molecule is CCCC(C)=C(C)CC(C)CC. The van der Waals surface area contributed by atoms with Crippen LogP contribution in [0.1, 0.15) is 60.3 Å². The van der Waals surface area contributed by atoms with Crippen LogP contribution in [0, 0.1) is 5.92 Å². The van der Waals surface area contributed by atoms with E-state index in [-0.39, 0.29) is 0 Å². The van der Waals surface area contributed by atoms with Crippen molar-refractivity contribution in [2.24, 2.45) is 5.92 Å². The second-order valence-electron chi connectivity index (χ2n) is 4.03. The normalized spacial score (nSPS) is 15.8. The van der Waals surface area contributed by atoms with E-state index in [1.807, 2.05) is 0 Å². The Morgan fingerprint density at radius 3 is 2.08 bits per heavy atom. The number of rotatable bonds is 5. The standard InChI is InChI=1S/C12H24/c1-6-8-11(4)12(5)9-10(3)7-2/h10H,6-9H2,1-5H3. The molecule has 1 unspecified atom stereocenters. The van der Waals surface area contributed by atoms with Crippen LogP contribution in [-0.2, 0) is 0 Å². The molecule has 0 bridgehead atoms. The first-order chi connectivity index (χ1) is 5.61. The van der Waals surface area contributed by atoms with Crippen LogP contribution >= 0.6 is 0 Å². The molecule has 1 atom stereocenters. The Morgan fingerprint density at radius 2 is 1.67 bits per heavy atom. The van der Waals surface area contributed by atoms with Crippen LogP contribution in [0.5, 0.6) is 0 Å². The molecular formula is C12H24. The molecule has 12 heavy (non-hydrogen) atoms. The third-order valence-corrected chi connectivity index (χ3v) is 2.71. The van der Waals surface area contributed by atoms with E-state index in [9.17, 15) is 0 Å². The van der Waals surface area contributed by atoms with Gasteiger partial charge in [-0.1, -0.05) is 44.8 Å². The number of hydrogen-bond acceptors (Lipinski definition) is 0. The van der Waals surface area contributed by atoms with Crippen LogP contribution in [0.3, 0.4) is 0 Å². The molecule has 0 aromatic carbocycles. The molecule has 0 aliphatic carbocycles. The zero-order chi connectivity index (χ0) is 9.56. The summed E-state index contributed by atoms with van der Waals surface area (Å²) in [5.41, 5.74) is 3.23. The Labute approximate surface area is 78.1 Å². The highest BCUT2D eigenvalue weighted by Gasteiger charge is 2.02. The predicted octanol–water partition coefficient (Wildman–Crippen LogP) is 4.56. The highest BCUT2D eigenvalue weighted by molar-refractivity contribution is 5.09. The van der Waals surface area contributed by atoms with Gasteiger partial charge in [-0.3, -0.25) is 0 Å². The summed E-state index contributed by atoms with van der Waals surface area (Å²) in [6.45, 7) is 11.4. The molecule has 0 radical (unpaired) electrons. The topological polar surface area (TPSA) is 0 Å². The Kier molecular flexibility index (Phi) is 6.14. The van der Waals surface area contributed by atoms with Gasteiger partial charge in [0.05, 0.1) is 0 Å². The van der Waals surface area contributed by atoms with E-state index in [0.29, 0.717) is 0 Å². The van der Waals surface area contributed by atoms with E-state index in [4.69, 9.17) is 0 Å². The zero-order valence-electron chi connectivity index (χ0n) is 9.41. The summed E-state index contributed by atoms with van der Waals surface area (Å²) in [6, 6.07) is 0. The van der Waals surface area contributed by atoms with Gasteiger partial charge in [0.1, 0.15) is 0 Å². The van der Waals surface area contributed by atoms with E-state index < -0.39 is 0 Å². The van der Waals surface area contributed by atoms with Crippen molar-refractivity contribution >= 4 is 0 Å². The lowest BCUT2D eigenvalue weighted by Crippen LogP contribution is -1.95. The Balaban J connectivity index is 3.97. The molecule has 0 heterocycles. The Hall–Kier alpha value is -0.260. The van der Waals surface area contributed by atoms with E-state index in [2.05, 4.69) is 34.6 Å². The molecule has 0 saturated carbocycles. The van der Waals surface area contributed by atoms with Crippen molar-refractivity contribution in [3.05, 3.63) is 11.1 Å². The first-order valence-electron chi connectivity index (χ1n) is 5.27. The molecule has 0 N–H and O–H groups in total. The van der Waals surface area contributed by atoms with Crippen LogP contribution in [0.25, 0.3) is 0 Å². The molecule has 0 rings (SSSR count). The fourth-order valence-electron chi connectivity index (χ4n) is 1.43. The second-order valence-corrected chi connectivity index (χ2v) is 4.03. The maximum atomic E-state index is 2.34. The van der Waals surface area contributed by atoms with Crippen LogP contribution in [0.4, 0.5) is 0 Å². The fraction of sp³-hybridized carbons (Fsp3) is 0.833. The Morgan fingerprint density at radius 1 is 1.08 bits per heavy atom. The molecule has 0 amide bonds. The first kappa shape index (κ1) is 11.7. The lowest BCUT2D eigenvalue weighted by molar-refractivity contribution is 0.553. The summed E-state index contributed by atoms with van der Waals surface area (Å²) in [7, 11) is 0. The van der Waals surface area contributed by atoms with Gasteiger partial charge in [0.2, 0.25) is 0 Å². The van der Waals surface area contributed by atoms with Gasteiger partial charge >= 0.3 is 0 Å². The van der Waals surface area contributed by atoms with Crippen molar-refractivity contribution in [3.8, 4) is 0 Å². The van der Waals surface area contributed by atoms with Crippen LogP contribution < -0.4 is 0 Å². The second kappa shape index (κ2) is 6.28. The van der Waals surface area contributed by atoms with E-state index in [1.54, 1.807) is 11.1 Å². The molecule has 0 fully saturated rings. The largest absolute Gasteiger partial charge is 0.0744 e. The average Bonchev–Trinajstić information content (AvgIpc) is 2.04. The summed E-state index contributed by atoms with van der Waals surface area (Å²) in [6.07, 6.45) is 5.16. The van der Waals surface area contributed by atoms with Gasteiger partial charge in [-0.15, -0.1) is 0 Å². The molecule has 0 spiro atoms. The van der Waals surface area contributed by atoms with Crippen molar-refractivity contribution in [1.29, 1.82) is 0 Å². The minimum Gasteiger partial charge on any atom is -0.0744 e. The lowest BCUT2D eigenvalue weighted by Gasteiger charge is -2.11. The summed E-state index contributed by atoms with van der Waals surface area (Å²) < 4.78 is 0. The minimum atomic E-state index is 0.858. The average molecular weight is 168 g/mol. The third kappa shape index (κ3) is 4.58. The van der Waals surface area contributed by atoms with Gasteiger partial charge in [-0.05, 0) is 32.6 Å². The maximum absolute atomic E-state index is 2.34. The van der Waals surface area contributed by atoms with Gasteiger partial charge in [0.25, 0.3) is 0 Å². The van der Waals surface area contributed by atoms with E-state index in [0.717, 1.165) is 5.92 Å². The van der Waals surface area contributed by atoms with Crippen molar-refractivity contribution in [2.45, 2.75) is 60.3 Å². The van der Waals surface area contributed by atoms with Crippen molar-refractivity contribution in [1.82, 2.24) is 0 Å². The van der Waals surface area contributed by atoms with Gasteiger partial charge in [-0.2, -0.15) is 0 Å². The number of allylic oxidation sites excluding steroid dienone is 2. The van der Waals surface area contributed by atoms with Gasteiger partial charge < -0.3 is 0 Å². The summed E-state index contributed by atoms with van der Waals surface area (Å²) >= 11 is 0. The maximum Gasteiger partial charge on any atom is -0.0295 e. The first-order valence-corrected chi connectivity index (χ1v) is 5.27. The molecule has 0 aromatic heterocycles. The molecule has 0 aliphatic heterocycles. The summed E-state index contributed by atoms with van der Waals surface area (Å²) in [5.74, 6) is 0.858. The van der Waals surface area contributed by atoms with Gasteiger partial charge in [0, 0.05) is 0 Å². The van der Waals surface area contributed by atoms with Crippen molar-refractivity contribution in [2.75, 3.05) is 0 Å². The highest BCUT2D eigenvalue weighted by Crippen LogP contribution is 2.19. The Bertz CT molecular complexity index is 142. The van der Waals surface area contributed by atoms with E-state index in [1.165, 1.54) is 25.7 Å². The minimum absolute atomic E-state index is 0.858.